The van der Waals surface area contributed by atoms with Gasteiger partial charge in [0.05, 0.1) is 18.0 Å². The smallest absolute Gasteiger partial charge is 0.358 e. The fourth-order valence-electron chi connectivity index (χ4n) is 2.17. The zero-order chi connectivity index (χ0) is 17.5. The minimum atomic E-state index is -0.473. The molecular formula is C18H21N3O3. The van der Waals surface area contributed by atoms with E-state index in [1.807, 2.05) is 31.2 Å². The number of para-hydroxylation sites is 2. The molecule has 0 unspecified atom stereocenters. The Balaban J connectivity index is 2.28. The largest absolute Gasteiger partial charge is 0.461 e. The highest BCUT2D eigenvalue weighted by Gasteiger charge is 2.14. The molecule has 0 saturated carbocycles. The van der Waals surface area contributed by atoms with Gasteiger partial charge in [0.25, 0.3) is 5.91 Å². The number of aromatic nitrogens is 2. The summed E-state index contributed by atoms with van der Waals surface area (Å²) in [6, 6.07) is 8.85. The molecule has 0 atom stereocenters. The molecule has 0 fully saturated rings. The van der Waals surface area contributed by atoms with Gasteiger partial charge in [-0.15, -0.1) is 0 Å². The van der Waals surface area contributed by atoms with Crippen LogP contribution in [0.1, 0.15) is 37.7 Å². The second-order valence-electron chi connectivity index (χ2n) is 5.13. The van der Waals surface area contributed by atoms with Gasteiger partial charge in [-0.3, -0.25) is 4.79 Å². The van der Waals surface area contributed by atoms with Crippen molar-refractivity contribution in [3.8, 4) is 5.69 Å². The molecule has 1 amide bonds. The third-order valence-electron chi connectivity index (χ3n) is 3.34. The molecule has 0 aliphatic heterocycles. The van der Waals surface area contributed by atoms with Crippen LogP contribution in [0.2, 0.25) is 0 Å². The van der Waals surface area contributed by atoms with Crippen molar-refractivity contribution in [2.45, 2.75) is 27.2 Å². The monoisotopic (exact) mass is 327 g/mol. The zero-order valence-corrected chi connectivity index (χ0v) is 14.1. The molecule has 1 heterocycles. The van der Waals surface area contributed by atoms with Crippen LogP contribution in [-0.2, 0) is 9.53 Å². The van der Waals surface area contributed by atoms with Crippen molar-refractivity contribution in [1.82, 2.24) is 9.78 Å². The molecule has 0 aliphatic carbocycles. The number of benzene rings is 1. The minimum absolute atomic E-state index is 0.165. The number of ether oxygens (including phenoxy) is 1. The number of hydrogen-bond donors (Lipinski definition) is 1. The summed E-state index contributed by atoms with van der Waals surface area (Å²) in [7, 11) is 0. The Labute approximate surface area is 141 Å². The fraction of sp³-hybridized carbons (Fsp3) is 0.278. The first-order chi connectivity index (χ1) is 11.6. The van der Waals surface area contributed by atoms with Gasteiger partial charge in [-0.1, -0.05) is 25.1 Å². The summed E-state index contributed by atoms with van der Waals surface area (Å²) in [6.45, 7) is 5.78. The minimum Gasteiger partial charge on any atom is -0.461 e. The molecule has 0 radical (unpaired) electrons. The van der Waals surface area contributed by atoms with Gasteiger partial charge in [0.2, 0.25) is 0 Å². The average Bonchev–Trinajstić information content (AvgIpc) is 3.05. The highest BCUT2D eigenvalue weighted by atomic mass is 16.5. The van der Waals surface area contributed by atoms with Crippen molar-refractivity contribution >= 4 is 17.6 Å². The Morgan fingerprint density at radius 2 is 2.00 bits per heavy atom. The fourth-order valence-corrected chi connectivity index (χ4v) is 2.17. The second kappa shape index (κ2) is 8.10. The number of anilines is 1. The van der Waals surface area contributed by atoms with E-state index in [9.17, 15) is 9.59 Å². The van der Waals surface area contributed by atoms with Crippen LogP contribution in [0, 0.1) is 0 Å². The van der Waals surface area contributed by atoms with Gasteiger partial charge in [-0.25, -0.2) is 9.48 Å². The molecule has 1 aromatic carbocycles. The third-order valence-corrected chi connectivity index (χ3v) is 3.34. The number of carbonyl (C=O) groups is 2. The van der Waals surface area contributed by atoms with E-state index < -0.39 is 5.97 Å². The maximum atomic E-state index is 12.2. The van der Waals surface area contributed by atoms with Crippen molar-refractivity contribution in [3.05, 3.63) is 53.9 Å². The predicted octanol–water partition coefficient (Wildman–Crippen LogP) is 3.34. The van der Waals surface area contributed by atoms with E-state index in [2.05, 4.69) is 10.4 Å². The number of amides is 1. The Morgan fingerprint density at radius 3 is 2.71 bits per heavy atom. The van der Waals surface area contributed by atoms with E-state index in [-0.39, 0.29) is 11.6 Å². The molecule has 0 aliphatic rings. The first kappa shape index (κ1) is 17.5. The van der Waals surface area contributed by atoms with Gasteiger partial charge in [-0.2, -0.15) is 5.10 Å². The lowest BCUT2D eigenvalue weighted by Gasteiger charge is -2.11. The summed E-state index contributed by atoms with van der Waals surface area (Å²) in [5.41, 5.74) is 2.16. The highest BCUT2D eigenvalue weighted by molar-refractivity contribution is 6.04. The zero-order valence-electron chi connectivity index (χ0n) is 14.1. The lowest BCUT2D eigenvalue weighted by molar-refractivity contribution is -0.112. The summed E-state index contributed by atoms with van der Waals surface area (Å²) < 4.78 is 6.48. The van der Waals surface area contributed by atoms with Gasteiger partial charge in [0, 0.05) is 11.8 Å². The topological polar surface area (TPSA) is 73.2 Å². The Bertz CT molecular complexity index is 762. The first-order valence-corrected chi connectivity index (χ1v) is 7.87. The molecule has 0 bridgehead atoms. The van der Waals surface area contributed by atoms with Crippen molar-refractivity contribution in [2.75, 3.05) is 11.9 Å². The van der Waals surface area contributed by atoms with E-state index in [4.69, 9.17) is 4.74 Å². The normalized spacial score (nSPS) is 11.2. The van der Waals surface area contributed by atoms with Crippen LogP contribution in [0.25, 0.3) is 5.69 Å². The first-order valence-electron chi connectivity index (χ1n) is 7.87. The third kappa shape index (κ3) is 4.10. The van der Waals surface area contributed by atoms with Gasteiger partial charge < -0.3 is 10.1 Å². The molecule has 6 heteroatoms. The van der Waals surface area contributed by atoms with Crippen LogP contribution in [0.5, 0.6) is 0 Å². The predicted molar refractivity (Wildman–Crippen MR) is 92.2 cm³/mol. The van der Waals surface area contributed by atoms with Crippen LogP contribution < -0.4 is 5.32 Å². The van der Waals surface area contributed by atoms with Crippen LogP contribution in [0.15, 0.2) is 48.2 Å². The molecule has 2 rings (SSSR count). The summed E-state index contributed by atoms with van der Waals surface area (Å²) >= 11 is 0. The second-order valence-corrected chi connectivity index (χ2v) is 5.13. The summed E-state index contributed by atoms with van der Waals surface area (Å²) in [6.07, 6.45) is 4.32. The van der Waals surface area contributed by atoms with Gasteiger partial charge in [0.1, 0.15) is 0 Å². The molecule has 24 heavy (non-hydrogen) atoms. The lowest BCUT2D eigenvalue weighted by atomic mass is 10.2. The van der Waals surface area contributed by atoms with Gasteiger partial charge in [0.15, 0.2) is 5.69 Å². The van der Waals surface area contributed by atoms with E-state index in [0.717, 1.165) is 6.42 Å². The molecule has 6 nitrogen and oxygen atoms in total. The lowest BCUT2D eigenvalue weighted by Crippen LogP contribution is -2.15. The molecule has 0 saturated heterocycles. The number of esters is 1. The van der Waals surface area contributed by atoms with Crippen LogP contribution in [0.3, 0.4) is 0 Å². The molecular weight excluding hydrogens is 306 g/mol. The van der Waals surface area contributed by atoms with E-state index in [0.29, 0.717) is 23.6 Å². The molecule has 1 N–H and O–H groups in total. The standard InChI is InChI=1S/C18H21N3O3/c1-4-8-13(3)17(22)19-14-9-6-7-10-16(14)21-12-11-15(20-21)18(23)24-5-2/h6-12H,4-5H2,1-3H3,(H,19,22)/b13-8+. The van der Waals surface area contributed by atoms with E-state index >= 15 is 0 Å². The van der Waals surface area contributed by atoms with Gasteiger partial charge >= 0.3 is 5.97 Å². The summed E-state index contributed by atoms with van der Waals surface area (Å²) in [5, 5.41) is 7.10. The van der Waals surface area contributed by atoms with Crippen molar-refractivity contribution < 1.29 is 14.3 Å². The maximum Gasteiger partial charge on any atom is 0.358 e. The van der Waals surface area contributed by atoms with E-state index in [1.165, 1.54) is 0 Å². The van der Waals surface area contributed by atoms with Crippen LogP contribution in [0.4, 0.5) is 5.69 Å². The van der Waals surface area contributed by atoms with Crippen molar-refractivity contribution in [1.29, 1.82) is 0 Å². The molecule has 1 aromatic heterocycles. The quantitative estimate of drug-likeness (QED) is 0.652. The number of nitrogens with zero attached hydrogens (tertiary/aromatic N) is 2. The number of nitrogens with one attached hydrogen (secondary N) is 1. The van der Waals surface area contributed by atoms with Crippen LogP contribution in [-0.4, -0.2) is 28.3 Å². The number of hydrogen-bond acceptors (Lipinski definition) is 4. The molecule has 0 spiro atoms. The number of allylic oxidation sites excluding steroid dienone is 1. The molecule has 2 aromatic rings. The van der Waals surface area contributed by atoms with E-state index in [1.54, 1.807) is 36.9 Å². The summed E-state index contributed by atoms with van der Waals surface area (Å²) in [5.74, 6) is -0.637. The van der Waals surface area contributed by atoms with Crippen LogP contribution >= 0.6 is 0 Å². The Hall–Kier alpha value is -2.89. The average molecular weight is 327 g/mol. The molecule has 126 valence electrons. The Morgan fingerprint density at radius 1 is 1.25 bits per heavy atom. The Kier molecular flexibility index (Phi) is 5.89. The highest BCUT2D eigenvalue weighted by Crippen LogP contribution is 2.20. The SMILES string of the molecule is CC/C=C(\C)C(=O)Nc1ccccc1-n1ccc(C(=O)OCC)n1. The van der Waals surface area contributed by atoms with Crippen molar-refractivity contribution in [3.63, 3.8) is 0 Å². The van der Waals surface area contributed by atoms with Crippen molar-refractivity contribution in [2.24, 2.45) is 0 Å². The maximum absolute atomic E-state index is 12.2. The number of carbonyl (C=O) groups excluding carboxylic acids is 2. The van der Waals surface area contributed by atoms with Gasteiger partial charge in [-0.05, 0) is 38.5 Å². The summed E-state index contributed by atoms with van der Waals surface area (Å²) in [4.78, 5) is 23.9. The number of rotatable bonds is 6.